The molecule has 2 rings (SSSR count). The van der Waals surface area contributed by atoms with Crippen LogP contribution in [0.5, 0.6) is 5.75 Å². The third-order valence-electron chi connectivity index (χ3n) is 4.04. The highest BCUT2D eigenvalue weighted by molar-refractivity contribution is 7.92. The Hall–Kier alpha value is -2.15. The van der Waals surface area contributed by atoms with Gasteiger partial charge in [-0.05, 0) is 60.7 Å². The first-order valence-electron chi connectivity index (χ1n) is 7.91. The Morgan fingerprint density at radius 2 is 1.76 bits per heavy atom. The van der Waals surface area contributed by atoms with Crippen LogP contribution in [0.4, 0.5) is 14.5 Å². The predicted molar refractivity (Wildman–Crippen MR) is 93.8 cm³/mol. The molecule has 136 valence electrons. The first kappa shape index (κ1) is 19.2. The van der Waals surface area contributed by atoms with Crippen LogP contribution >= 0.6 is 0 Å². The van der Waals surface area contributed by atoms with Gasteiger partial charge < -0.3 is 4.74 Å². The van der Waals surface area contributed by atoms with Crippen molar-refractivity contribution in [3.63, 3.8) is 0 Å². The summed E-state index contributed by atoms with van der Waals surface area (Å²) >= 11 is 0. The Kier molecular flexibility index (Phi) is 6.00. The summed E-state index contributed by atoms with van der Waals surface area (Å²) in [4.78, 5) is 0.145. The zero-order valence-corrected chi connectivity index (χ0v) is 15.1. The van der Waals surface area contributed by atoms with E-state index in [0.29, 0.717) is 17.2 Å². The molecule has 0 bridgehead atoms. The zero-order chi connectivity index (χ0) is 18.6. The van der Waals surface area contributed by atoms with E-state index >= 15 is 0 Å². The van der Waals surface area contributed by atoms with Gasteiger partial charge in [0.15, 0.2) is 0 Å². The van der Waals surface area contributed by atoms with Crippen molar-refractivity contribution in [2.24, 2.45) is 0 Å². The number of sulfonamides is 1. The number of alkyl halides is 2. The van der Waals surface area contributed by atoms with Crippen molar-refractivity contribution in [1.82, 2.24) is 0 Å². The largest absolute Gasteiger partial charge is 0.435 e. The number of anilines is 1. The first-order chi connectivity index (χ1) is 11.7. The number of nitrogens with one attached hydrogen (secondary N) is 1. The van der Waals surface area contributed by atoms with Crippen LogP contribution in [0.2, 0.25) is 0 Å². The molecule has 1 N–H and O–H groups in total. The summed E-state index contributed by atoms with van der Waals surface area (Å²) in [5.41, 5.74) is 1.87. The number of benzene rings is 2. The predicted octanol–water partition coefficient (Wildman–Crippen LogP) is 4.91. The van der Waals surface area contributed by atoms with Crippen LogP contribution in [0.15, 0.2) is 47.4 Å². The van der Waals surface area contributed by atoms with Crippen molar-refractivity contribution in [3.05, 3.63) is 53.6 Å². The van der Waals surface area contributed by atoms with E-state index in [4.69, 9.17) is 0 Å². The van der Waals surface area contributed by atoms with Gasteiger partial charge in [-0.25, -0.2) is 8.42 Å². The van der Waals surface area contributed by atoms with Crippen LogP contribution in [-0.2, 0) is 10.0 Å². The Morgan fingerprint density at radius 1 is 1.12 bits per heavy atom. The molecule has 2 aromatic carbocycles. The fourth-order valence-electron chi connectivity index (χ4n) is 2.34. The van der Waals surface area contributed by atoms with E-state index in [1.54, 1.807) is 31.2 Å². The zero-order valence-electron chi connectivity index (χ0n) is 14.3. The van der Waals surface area contributed by atoms with Crippen LogP contribution in [0.1, 0.15) is 37.3 Å². The van der Waals surface area contributed by atoms with Gasteiger partial charge in [-0.2, -0.15) is 8.78 Å². The number of rotatable bonds is 7. The van der Waals surface area contributed by atoms with Gasteiger partial charge in [-0.3, -0.25) is 4.72 Å². The van der Waals surface area contributed by atoms with E-state index in [1.807, 2.05) is 0 Å². The van der Waals surface area contributed by atoms with Crippen molar-refractivity contribution in [2.45, 2.75) is 44.6 Å². The van der Waals surface area contributed by atoms with Gasteiger partial charge in [0.2, 0.25) is 0 Å². The molecule has 0 heterocycles. The van der Waals surface area contributed by atoms with Gasteiger partial charge >= 0.3 is 6.61 Å². The minimum atomic E-state index is -3.76. The molecule has 25 heavy (non-hydrogen) atoms. The van der Waals surface area contributed by atoms with Crippen LogP contribution in [0, 0.1) is 6.92 Å². The minimum absolute atomic E-state index is 0.0200. The summed E-state index contributed by atoms with van der Waals surface area (Å²) in [6, 6.07) is 10.8. The van der Waals surface area contributed by atoms with E-state index in [0.717, 1.165) is 12.0 Å². The van der Waals surface area contributed by atoms with E-state index in [1.165, 1.54) is 18.2 Å². The normalized spacial score (nSPS) is 12.9. The highest BCUT2D eigenvalue weighted by Gasteiger charge is 2.16. The first-order valence-corrected chi connectivity index (χ1v) is 9.39. The molecule has 1 atom stereocenters. The topological polar surface area (TPSA) is 55.4 Å². The highest BCUT2D eigenvalue weighted by atomic mass is 32.2. The second-order valence-electron chi connectivity index (χ2n) is 5.84. The quantitative estimate of drug-likeness (QED) is 0.754. The summed E-state index contributed by atoms with van der Waals surface area (Å²) in [5.74, 6) is 0.336. The molecule has 0 aliphatic carbocycles. The molecular formula is C18H21F2NO3S. The van der Waals surface area contributed by atoms with Gasteiger partial charge in [-0.15, -0.1) is 0 Å². The standard InChI is InChI=1S/C18H21F2NO3S/c1-4-12(2)14-5-8-16(9-6-14)25(22,23)21-17-10-7-15(11-13(17)3)24-18(19)20/h5-12,18,21H,4H2,1-3H3. The lowest BCUT2D eigenvalue weighted by Crippen LogP contribution is -2.14. The third kappa shape index (κ3) is 4.92. The van der Waals surface area contributed by atoms with Gasteiger partial charge in [0.25, 0.3) is 10.0 Å². The number of aryl methyl sites for hydroxylation is 1. The Balaban J connectivity index is 2.21. The maximum absolute atomic E-state index is 12.5. The lowest BCUT2D eigenvalue weighted by atomic mass is 9.99. The molecule has 0 aliphatic rings. The molecule has 0 saturated heterocycles. The molecular weight excluding hydrogens is 348 g/mol. The van der Waals surface area contributed by atoms with Crippen molar-refractivity contribution < 1.29 is 21.9 Å². The lowest BCUT2D eigenvalue weighted by Gasteiger charge is -2.13. The maximum atomic E-state index is 12.5. The van der Waals surface area contributed by atoms with Crippen molar-refractivity contribution in [2.75, 3.05) is 4.72 Å². The van der Waals surface area contributed by atoms with Crippen LogP contribution < -0.4 is 9.46 Å². The average molecular weight is 369 g/mol. The highest BCUT2D eigenvalue weighted by Crippen LogP contribution is 2.26. The molecule has 2 aromatic rings. The summed E-state index contributed by atoms with van der Waals surface area (Å²) < 4.78 is 56.2. The van der Waals surface area contributed by atoms with E-state index in [-0.39, 0.29) is 10.6 Å². The fraction of sp³-hybridized carbons (Fsp3) is 0.333. The van der Waals surface area contributed by atoms with Gasteiger partial charge in [0.05, 0.1) is 10.6 Å². The number of hydrogen-bond acceptors (Lipinski definition) is 3. The molecule has 4 nitrogen and oxygen atoms in total. The number of ether oxygens (including phenoxy) is 1. The van der Waals surface area contributed by atoms with Crippen LogP contribution in [0.3, 0.4) is 0 Å². The smallest absolute Gasteiger partial charge is 0.387 e. The van der Waals surface area contributed by atoms with Crippen LogP contribution in [0.25, 0.3) is 0 Å². The fourth-order valence-corrected chi connectivity index (χ4v) is 3.47. The second kappa shape index (κ2) is 7.82. The summed E-state index contributed by atoms with van der Waals surface area (Å²) in [7, 11) is -3.76. The number of hydrogen-bond donors (Lipinski definition) is 1. The molecule has 0 aliphatic heterocycles. The third-order valence-corrected chi connectivity index (χ3v) is 5.42. The van der Waals surface area contributed by atoms with E-state index < -0.39 is 16.6 Å². The van der Waals surface area contributed by atoms with Gasteiger partial charge in [0.1, 0.15) is 5.75 Å². The SMILES string of the molecule is CCC(C)c1ccc(S(=O)(=O)Nc2ccc(OC(F)F)cc2C)cc1. The Labute approximate surface area is 146 Å². The monoisotopic (exact) mass is 369 g/mol. The molecule has 0 fully saturated rings. The van der Waals surface area contributed by atoms with Gasteiger partial charge in [-0.1, -0.05) is 26.0 Å². The van der Waals surface area contributed by atoms with E-state index in [9.17, 15) is 17.2 Å². The minimum Gasteiger partial charge on any atom is -0.435 e. The van der Waals surface area contributed by atoms with Gasteiger partial charge in [0, 0.05) is 0 Å². The molecule has 0 aromatic heterocycles. The molecule has 1 unspecified atom stereocenters. The lowest BCUT2D eigenvalue weighted by molar-refractivity contribution is -0.0498. The van der Waals surface area contributed by atoms with E-state index in [2.05, 4.69) is 23.3 Å². The summed E-state index contributed by atoms with van der Waals surface area (Å²) in [6.45, 7) is 2.84. The second-order valence-corrected chi connectivity index (χ2v) is 7.52. The molecule has 7 heteroatoms. The van der Waals surface area contributed by atoms with Crippen molar-refractivity contribution in [1.29, 1.82) is 0 Å². The average Bonchev–Trinajstić information content (AvgIpc) is 2.56. The number of halogens is 2. The van der Waals surface area contributed by atoms with Crippen molar-refractivity contribution in [3.8, 4) is 5.75 Å². The molecule has 0 spiro atoms. The Morgan fingerprint density at radius 3 is 2.28 bits per heavy atom. The maximum Gasteiger partial charge on any atom is 0.387 e. The molecule has 0 saturated carbocycles. The summed E-state index contributed by atoms with van der Waals surface area (Å²) in [6.07, 6.45) is 0.969. The molecule has 0 radical (unpaired) electrons. The summed E-state index contributed by atoms with van der Waals surface area (Å²) in [5, 5.41) is 0. The van der Waals surface area contributed by atoms with Crippen LogP contribution in [-0.4, -0.2) is 15.0 Å². The van der Waals surface area contributed by atoms with Crippen molar-refractivity contribution >= 4 is 15.7 Å². The molecule has 0 amide bonds. The Bertz CT molecular complexity index is 821.